The molecule has 0 atom stereocenters. The molecule has 2 aromatic rings. The van der Waals surface area contributed by atoms with Crippen LogP contribution in [0.25, 0.3) is 0 Å². The van der Waals surface area contributed by atoms with Crippen molar-refractivity contribution >= 4 is 33.0 Å². The monoisotopic (exact) mass is 406 g/mol. The number of benzene rings is 2. The standard InChI is InChI=1S/C18H22N4O5S/c1-4-13-5-7-14(8-6-13)20-18(23)12-21(3)28(26,27)15-9-10-16(19-2)17(11-15)22(24)25/h5-11,19H,4,12H2,1-3H3,(H,20,23). The van der Waals surface area contributed by atoms with Gasteiger partial charge in [0.1, 0.15) is 5.69 Å². The lowest BCUT2D eigenvalue weighted by Gasteiger charge is -2.17. The van der Waals surface area contributed by atoms with Gasteiger partial charge in [-0.05, 0) is 36.2 Å². The molecule has 0 aromatic heterocycles. The topological polar surface area (TPSA) is 122 Å². The number of aryl methyl sites for hydroxylation is 1. The van der Waals surface area contributed by atoms with Crippen LogP contribution in [0.15, 0.2) is 47.4 Å². The number of anilines is 2. The predicted molar refractivity (Wildman–Crippen MR) is 107 cm³/mol. The summed E-state index contributed by atoms with van der Waals surface area (Å²) in [5, 5.41) is 16.4. The third-order valence-electron chi connectivity index (χ3n) is 4.16. The molecule has 0 radical (unpaired) electrons. The molecule has 9 nitrogen and oxygen atoms in total. The van der Waals surface area contributed by atoms with E-state index in [0.29, 0.717) is 5.69 Å². The van der Waals surface area contributed by atoms with Gasteiger partial charge < -0.3 is 10.6 Å². The predicted octanol–water partition coefficient (Wildman–Crippen LogP) is 2.46. The highest BCUT2D eigenvalue weighted by atomic mass is 32.2. The van der Waals surface area contributed by atoms with Crippen LogP contribution in [0, 0.1) is 10.1 Å². The van der Waals surface area contributed by atoms with Crippen LogP contribution in [0.3, 0.4) is 0 Å². The largest absolute Gasteiger partial charge is 0.383 e. The molecule has 28 heavy (non-hydrogen) atoms. The van der Waals surface area contributed by atoms with E-state index in [9.17, 15) is 23.3 Å². The summed E-state index contributed by atoms with van der Waals surface area (Å²) in [7, 11) is -1.33. The molecule has 0 saturated heterocycles. The summed E-state index contributed by atoms with van der Waals surface area (Å²) >= 11 is 0. The molecule has 0 heterocycles. The second-order valence-corrected chi connectivity index (χ2v) is 8.09. The minimum absolute atomic E-state index is 0.194. The SMILES string of the molecule is CCc1ccc(NC(=O)CN(C)S(=O)(=O)c2ccc(NC)c([N+](=O)[O-])c2)cc1. The summed E-state index contributed by atoms with van der Waals surface area (Å²) in [6.07, 6.45) is 0.869. The van der Waals surface area contributed by atoms with Crippen LogP contribution in [0.5, 0.6) is 0 Å². The Balaban J connectivity index is 2.15. The van der Waals surface area contributed by atoms with Gasteiger partial charge in [-0.1, -0.05) is 19.1 Å². The molecule has 2 aromatic carbocycles. The molecule has 0 aliphatic heterocycles. The quantitative estimate of drug-likeness (QED) is 0.513. The third kappa shape index (κ3) is 4.84. The van der Waals surface area contributed by atoms with Gasteiger partial charge in [-0.3, -0.25) is 14.9 Å². The van der Waals surface area contributed by atoms with E-state index >= 15 is 0 Å². The molecule has 1 amide bonds. The van der Waals surface area contributed by atoms with Gasteiger partial charge in [0.05, 0.1) is 16.4 Å². The summed E-state index contributed by atoms with van der Waals surface area (Å²) in [4.78, 5) is 22.4. The summed E-state index contributed by atoms with van der Waals surface area (Å²) in [6.45, 7) is 1.58. The van der Waals surface area contributed by atoms with Crippen LogP contribution in [0.2, 0.25) is 0 Å². The Morgan fingerprint density at radius 1 is 1.18 bits per heavy atom. The summed E-state index contributed by atoms with van der Waals surface area (Å²) < 4.78 is 26.2. The van der Waals surface area contributed by atoms with E-state index in [1.807, 2.05) is 19.1 Å². The molecule has 0 unspecified atom stereocenters. The van der Waals surface area contributed by atoms with E-state index in [-0.39, 0.29) is 16.3 Å². The molecule has 150 valence electrons. The number of hydrogen-bond acceptors (Lipinski definition) is 6. The van der Waals surface area contributed by atoms with Crippen molar-refractivity contribution < 1.29 is 18.1 Å². The molecule has 0 aliphatic carbocycles. The number of nitro benzene ring substituents is 1. The van der Waals surface area contributed by atoms with Crippen LogP contribution in [-0.2, 0) is 21.2 Å². The molecule has 0 spiro atoms. The third-order valence-corrected chi connectivity index (χ3v) is 5.96. The lowest BCUT2D eigenvalue weighted by molar-refractivity contribution is -0.384. The van der Waals surface area contributed by atoms with E-state index < -0.39 is 27.4 Å². The number of rotatable bonds is 8. The molecule has 10 heteroatoms. The maximum Gasteiger partial charge on any atom is 0.293 e. The molecular formula is C18H22N4O5S. The Bertz CT molecular complexity index is 974. The summed E-state index contributed by atoms with van der Waals surface area (Å²) in [5.41, 5.74) is 1.50. The van der Waals surface area contributed by atoms with Gasteiger partial charge in [-0.2, -0.15) is 4.31 Å². The van der Waals surface area contributed by atoms with Crippen molar-refractivity contribution in [3.8, 4) is 0 Å². The normalized spacial score (nSPS) is 11.3. The lowest BCUT2D eigenvalue weighted by Crippen LogP contribution is -2.35. The second kappa shape index (κ2) is 8.81. The average Bonchev–Trinajstić information content (AvgIpc) is 2.67. The average molecular weight is 406 g/mol. The Labute approximate surface area is 163 Å². The summed E-state index contributed by atoms with van der Waals surface area (Å²) in [6, 6.07) is 10.8. The zero-order valence-corrected chi connectivity index (χ0v) is 16.6. The number of carbonyl (C=O) groups is 1. The van der Waals surface area contributed by atoms with E-state index in [2.05, 4.69) is 10.6 Å². The Morgan fingerprint density at radius 3 is 2.36 bits per heavy atom. The smallest absolute Gasteiger partial charge is 0.293 e. The van der Waals surface area contributed by atoms with Crippen molar-refractivity contribution in [1.29, 1.82) is 0 Å². The molecule has 0 fully saturated rings. The number of nitrogens with zero attached hydrogens (tertiary/aromatic N) is 2. The first-order valence-electron chi connectivity index (χ1n) is 8.50. The maximum absolute atomic E-state index is 12.7. The number of sulfonamides is 1. The first-order valence-corrected chi connectivity index (χ1v) is 9.94. The number of hydrogen-bond donors (Lipinski definition) is 2. The number of carbonyl (C=O) groups excluding carboxylic acids is 1. The van der Waals surface area contributed by atoms with E-state index in [0.717, 1.165) is 22.4 Å². The van der Waals surface area contributed by atoms with Crippen molar-refractivity contribution in [3.05, 3.63) is 58.1 Å². The number of likely N-dealkylation sites (N-methyl/N-ethyl adjacent to an activating group) is 1. The fraction of sp³-hybridized carbons (Fsp3) is 0.278. The van der Waals surface area contributed by atoms with Crippen molar-refractivity contribution in [2.45, 2.75) is 18.2 Å². The van der Waals surface area contributed by atoms with Crippen molar-refractivity contribution in [2.75, 3.05) is 31.3 Å². The Kier molecular flexibility index (Phi) is 6.71. The van der Waals surface area contributed by atoms with Gasteiger partial charge in [0.2, 0.25) is 15.9 Å². The van der Waals surface area contributed by atoms with Gasteiger partial charge in [0.15, 0.2) is 0 Å². The first kappa shape index (κ1) is 21.3. The minimum atomic E-state index is -4.08. The fourth-order valence-corrected chi connectivity index (χ4v) is 3.67. The molecule has 0 saturated carbocycles. The summed E-state index contributed by atoms with van der Waals surface area (Å²) in [5.74, 6) is -0.517. The molecule has 0 aliphatic rings. The van der Waals surface area contributed by atoms with E-state index in [1.54, 1.807) is 12.1 Å². The first-order chi connectivity index (χ1) is 13.2. The molecular weight excluding hydrogens is 384 g/mol. The van der Waals surface area contributed by atoms with E-state index in [1.165, 1.54) is 26.2 Å². The fourth-order valence-electron chi connectivity index (χ4n) is 2.53. The van der Waals surface area contributed by atoms with Gasteiger partial charge in [0, 0.05) is 25.8 Å². The maximum atomic E-state index is 12.7. The molecule has 0 bridgehead atoms. The van der Waals surface area contributed by atoms with Crippen LogP contribution in [-0.4, -0.2) is 44.2 Å². The van der Waals surface area contributed by atoms with Crippen LogP contribution in [0.4, 0.5) is 17.1 Å². The Morgan fingerprint density at radius 2 is 1.82 bits per heavy atom. The van der Waals surface area contributed by atoms with Gasteiger partial charge >= 0.3 is 0 Å². The number of amides is 1. The molecule has 2 N–H and O–H groups in total. The highest BCUT2D eigenvalue weighted by molar-refractivity contribution is 7.89. The highest BCUT2D eigenvalue weighted by Crippen LogP contribution is 2.28. The molecule has 2 rings (SSSR count). The van der Waals surface area contributed by atoms with Gasteiger partial charge in [-0.25, -0.2) is 8.42 Å². The minimum Gasteiger partial charge on any atom is -0.383 e. The zero-order chi connectivity index (χ0) is 20.9. The van der Waals surface area contributed by atoms with Crippen LogP contribution < -0.4 is 10.6 Å². The highest BCUT2D eigenvalue weighted by Gasteiger charge is 2.26. The van der Waals surface area contributed by atoms with Crippen molar-refractivity contribution in [2.24, 2.45) is 0 Å². The van der Waals surface area contributed by atoms with Crippen molar-refractivity contribution in [3.63, 3.8) is 0 Å². The zero-order valence-electron chi connectivity index (χ0n) is 15.8. The lowest BCUT2D eigenvalue weighted by atomic mass is 10.1. The van der Waals surface area contributed by atoms with Crippen molar-refractivity contribution in [1.82, 2.24) is 4.31 Å². The van der Waals surface area contributed by atoms with E-state index in [4.69, 9.17) is 0 Å². The van der Waals surface area contributed by atoms with Gasteiger partial charge in [-0.15, -0.1) is 0 Å². The number of nitrogens with one attached hydrogen (secondary N) is 2. The van der Waals surface area contributed by atoms with Crippen LogP contribution in [0.1, 0.15) is 12.5 Å². The van der Waals surface area contributed by atoms with Crippen LogP contribution >= 0.6 is 0 Å². The Hall–Kier alpha value is -2.98. The van der Waals surface area contributed by atoms with Gasteiger partial charge in [0.25, 0.3) is 5.69 Å². The number of nitro groups is 1. The second-order valence-electron chi connectivity index (χ2n) is 6.05.